The molecule has 1 aromatic rings. The zero-order valence-electron chi connectivity index (χ0n) is 12.3. The number of piperidine rings is 1. The van der Waals surface area contributed by atoms with Crippen molar-refractivity contribution in [3.63, 3.8) is 0 Å². The molecule has 1 atom stereocenters. The summed E-state index contributed by atoms with van der Waals surface area (Å²) in [5.74, 6) is 0.0548. The first-order chi connectivity index (χ1) is 10.0. The highest BCUT2D eigenvalue weighted by Gasteiger charge is 2.35. The molecular formula is C15H22F3N3. The van der Waals surface area contributed by atoms with E-state index in [9.17, 15) is 13.2 Å². The fourth-order valence-corrected chi connectivity index (χ4v) is 2.77. The van der Waals surface area contributed by atoms with E-state index in [0.29, 0.717) is 13.1 Å². The zero-order valence-corrected chi connectivity index (χ0v) is 12.3. The van der Waals surface area contributed by atoms with Gasteiger partial charge in [0, 0.05) is 25.3 Å². The highest BCUT2D eigenvalue weighted by molar-refractivity contribution is 5.48. The lowest BCUT2D eigenvalue weighted by molar-refractivity contribution is -0.137. The lowest BCUT2D eigenvalue weighted by Gasteiger charge is -2.32. The number of alkyl halides is 3. The van der Waals surface area contributed by atoms with E-state index in [2.05, 4.69) is 10.3 Å². The number of nitrogens with one attached hydrogen (secondary N) is 1. The number of rotatable bonds is 5. The Kier molecular flexibility index (Phi) is 5.45. The van der Waals surface area contributed by atoms with Crippen molar-refractivity contribution in [2.24, 2.45) is 0 Å². The van der Waals surface area contributed by atoms with E-state index in [1.807, 2.05) is 6.92 Å². The Morgan fingerprint density at radius 2 is 2.19 bits per heavy atom. The van der Waals surface area contributed by atoms with Crippen LogP contribution in [-0.4, -0.2) is 30.7 Å². The second-order valence-corrected chi connectivity index (χ2v) is 5.47. The highest BCUT2D eigenvalue weighted by Crippen LogP contribution is 2.35. The smallest absolute Gasteiger partial charge is 0.355 e. The third kappa shape index (κ3) is 4.33. The van der Waals surface area contributed by atoms with Gasteiger partial charge in [0.25, 0.3) is 0 Å². The van der Waals surface area contributed by atoms with Gasteiger partial charge in [0.15, 0.2) is 0 Å². The minimum atomic E-state index is -4.37. The van der Waals surface area contributed by atoms with Crippen molar-refractivity contribution in [3.8, 4) is 0 Å². The van der Waals surface area contributed by atoms with E-state index in [4.69, 9.17) is 0 Å². The van der Waals surface area contributed by atoms with Crippen molar-refractivity contribution >= 4 is 5.82 Å². The van der Waals surface area contributed by atoms with E-state index < -0.39 is 11.7 Å². The van der Waals surface area contributed by atoms with Gasteiger partial charge in [0.1, 0.15) is 5.82 Å². The summed E-state index contributed by atoms with van der Waals surface area (Å²) in [4.78, 5) is 5.78. The molecule has 0 radical (unpaired) electrons. The van der Waals surface area contributed by atoms with Crippen molar-refractivity contribution in [2.45, 2.75) is 44.8 Å². The van der Waals surface area contributed by atoms with Crippen LogP contribution < -0.4 is 10.2 Å². The predicted molar refractivity (Wildman–Crippen MR) is 77.4 cm³/mol. The molecule has 118 valence electrons. The molecule has 3 nitrogen and oxygen atoms in total. The first kappa shape index (κ1) is 16.1. The molecule has 2 heterocycles. The number of hydrogen-bond acceptors (Lipinski definition) is 3. The molecule has 1 aromatic heterocycles. The van der Waals surface area contributed by atoms with E-state index in [0.717, 1.165) is 38.3 Å². The van der Waals surface area contributed by atoms with Crippen LogP contribution in [0.1, 0.15) is 38.2 Å². The molecule has 0 aromatic carbocycles. The molecule has 2 rings (SSSR count). The molecule has 0 spiro atoms. The predicted octanol–water partition coefficient (Wildman–Crippen LogP) is 3.46. The van der Waals surface area contributed by atoms with Crippen LogP contribution in [0.15, 0.2) is 18.3 Å². The summed E-state index contributed by atoms with van der Waals surface area (Å²) in [5.41, 5.74) is -0.644. The van der Waals surface area contributed by atoms with E-state index in [1.54, 1.807) is 4.90 Å². The molecule has 0 saturated carbocycles. The molecule has 21 heavy (non-hydrogen) atoms. The maximum atomic E-state index is 13.1. The van der Waals surface area contributed by atoms with Gasteiger partial charge < -0.3 is 10.2 Å². The molecular weight excluding hydrogens is 279 g/mol. The van der Waals surface area contributed by atoms with Gasteiger partial charge in [-0.3, -0.25) is 0 Å². The Bertz CT molecular complexity index is 442. The Balaban J connectivity index is 2.21. The van der Waals surface area contributed by atoms with Gasteiger partial charge >= 0.3 is 6.18 Å². The number of pyridine rings is 1. The van der Waals surface area contributed by atoms with Crippen LogP contribution in [0.3, 0.4) is 0 Å². The molecule has 1 unspecified atom stereocenters. The fourth-order valence-electron chi connectivity index (χ4n) is 2.77. The zero-order chi connectivity index (χ0) is 15.3. The SMILES string of the molecule is CCCN(CC1CCCCN1)c1ncccc1C(F)(F)F. The van der Waals surface area contributed by atoms with Crippen LogP contribution in [0.5, 0.6) is 0 Å². The third-order valence-corrected chi connectivity index (χ3v) is 3.74. The van der Waals surface area contributed by atoms with Gasteiger partial charge in [0.2, 0.25) is 0 Å². The number of anilines is 1. The van der Waals surface area contributed by atoms with Crippen molar-refractivity contribution in [1.82, 2.24) is 10.3 Å². The van der Waals surface area contributed by atoms with E-state index >= 15 is 0 Å². The Labute approximate surface area is 123 Å². The second-order valence-electron chi connectivity index (χ2n) is 5.47. The molecule has 1 fully saturated rings. The first-order valence-corrected chi connectivity index (χ1v) is 7.53. The number of halogens is 3. The van der Waals surface area contributed by atoms with Crippen molar-refractivity contribution in [3.05, 3.63) is 23.9 Å². The van der Waals surface area contributed by atoms with Gasteiger partial charge in [-0.15, -0.1) is 0 Å². The molecule has 0 amide bonds. The highest BCUT2D eigenvalue weighted by atomic mass is 19.4. The quantitative estimate of drug-likeness (QED) is 0.903. The summed E-state index contributed by atoms with van der Waals surface area (Å²) in [7, 11) is 0. The maximum Gasteiger partial charge on any atom is 0.419 e. The molecule has 6 heteroatoms. The summed E-state index contributed by atoms with van der Waals surface area (Å²) in [5, 5.41) is 3.39. The molecule has 1 aliphatic heterocycles. The van der Waals surface area contributed by atoms with Crippen LogP contribution in [0.25, 0.3) is 0 Å². The van der Waals surface area contributed by atoms with Crippen LogP contribution in [-0.2, 0) is 6.18 Å². The lowest BCUT2D eigenvalue weighted by Crippen LogP contribution is -2.44. The second kappa shape index (κ2) is 7.11. The Hall–Kier alpha value is -1.30. The molecule has 1 saturated heterocycles. The average molecular weight is 301 g/mol. The van der Waals surface area contributed by atoms with Crippen LogP contribution in [0.4, 0.5) is 19.0 Å². The van der Waals surface area contributed by atoms with Crippen LogP contribution in [0.2, 0.25) is 0 Å². The van der Waals surface area contributed by atoms with Gasteiger partial charge in [-0.05, 0) is 37.9 Å². The Morgan fingerprint density at radius 1 is 1.38 bits per heavy atom. The first-order valence-electron chi connectivity index (χ1n) is 7.53. The minimum Gasteiger partial charge on any atom is -0.355 e. The Morgan fingerprint density at radius 3 is 2.81 bits per heavy atom. The topological polar surface area (TPSA) is 28.2 Å². The third-order valence-electron chi connectivity index (χ3n) is 3.74. The summed E-state index contributed by atoms with van der Waals surface area (Å²) in [6, 6.07) is 2.70. The maximum absolute atomic E-state index is 13.1. The summed E-state index contributed by atoms with van der Waals surface area (Å²) in [6.07, 6.45) is 1.14. The normalized spacial score (nSPS) is 19.5. The fraction of sp³-hybridized carbons (Fsp3) is 0.667. The van der Waals surface area contributed by atoms with Gasteiger partial charge in [-0.25, -0.2) is 4.98 Å². The van der Waals surface area contributed by atoms with Crippen molar-refractivity contribution < 1.29 is 13.2 Å². The molecule has 0 bridgehead atoms. The average Bonchev–Trinajstić information content (AvgIpc) is 2.47. The van der Waals surface area contributed by atoms with Crippen molar-refractivity contribution in [1.29, 1.82) is 0 Å². The van der Waals surface area contributed by atoms with Gasteiger partial charge in [-0.1, -0.05) is 13.3 Å². The lowest BCUT2D eigenvalue weighted by atomic mass is 10.0. The van der Waals surface area contributed by atoms with Crippen molar-refractivity contribution in [2.75, 3.05) is 24.5 Å². The molecule has 1 N–H and O–H groups in total. The summed E-state index contributed by atoms with van der Waals surface area (Å²) < 4.78 is 39.4. The molecule has 1 aliphatic rings. The number of hydrogen-bond donors (Lipinski definition) is 1. The summed E-state index contributed by atoms with van der Waals surface area (Å²) >= 11 is 0. The van der Waals surface area contributed by atoms with Crippen LogP contribution >= 0.6 is 0 Å². The monoisotopic (exact) mass is 301 g/mol. The van der Waals surface area contributed by atoms with Gasteiger partial charge in [-0.2, -0.15) is 13.2 Å². The van der Waals surface area contributed by atoms with Crippen LogP contribution in [0, 0.1) is 0 Å². The largest absolute Gasteiger partial charge is 0.419 e. The minimum absolute atomic E-state index is 0.0548. The number of nitrogens with zero attached hydrogens (tertiary/aromatic N) is 2. The molecule has 0 aliphatic carbocycles. The summed E-state index contributed by atoms with van der Waals surface area (Å²) in [6.45, 7) is 4.07. The van der Waals surface area contributed by atoms with E-state index in [-0.39, 0.29) is 11.9 Å². The van der Waals surface area contributed by atoms with E-state index in [1.165, 1.54) is 12.3 Å². The number of aromatic nitrogens is 1. The van der Waals surface area contributed by atoms with Gasteiger partial charge in [0.05, 0.1) is 5.56 Å². The standard InChI is InChI=1S/C15H22F3N3/c1-2-10-21(11-12-6-3-4-8-19-12)14-13(15(16,17)18)7-5-9-20-14/h5,7,9,12,19H,2-4,6,8,10-11H2,1H3.